The number of rotatable bonds is 6. The van der Waals surface area contributed by atoms with Crippen LogP contribution >= 0.6 is 0 Å². The average Bonchev–Trinajstić information content (AvgIpc) is 2.47. The molecule has 2 unspecified atom stereocenters. The van der Waals surface area contributed by atoms with E-state index in [1.807, 2.05) is 38.1 Å². The highest BCUT2D eigenvalue weighted by Gasteiger charge is 2.49. The lowest BCUT2D eigenvalue weighted by molar-refractivity contribution is -0.111. The normalized spacial score (nSPS) is 23.2. The number of hydrogen-bond donors (Lipinski definition) is 2. The molecular weight excluding hydrogens is 264 g/mol. The van der Waals surface area contributed by atoms with Crippen LogP contribution in [-0.4, -0.2) is 31.2 Å². The van der Waals surface area contributed by atoms with Crippen LogP contribution in [0.3, 0.4) is 0 Å². The summed E-state index contributed by atoms with van der Waals surface area (Å²) in [5.41, 5.74) is 1.73. The minimum absolute atomic E-state index is 0.00459. The second-order valence-corrected chi connectivity index (χ2v) is 6.13. The smallest absolute Gasteiger partial charge is 0.251 e. The molecule has 0 heterocycles. The molecule has 116 valence electrons. The van der Waals surface area contributed by atoms with Gasteiger partial charge in [-0.15, -0.1) is 0 Å². The zero-order valence-electron chi connectivity index (χ0n) is 13.4. The summed E-state index contributed by atoms with van der Waals surface area (Å²) >= 11 is 0. The van der Waals surface area contributed by atoms with Gasteiger partial charge in [-0.3, -0.25) is 4.79 Å². The third-order valence-corrected chi connectivity index (χ3v) is 4.38. The Morgan fingerprint density at radius 3 is 2.48 bits per heavy atom. The molecule has 0 saturated heterocycles. The second-order valence-electron chi connectivity index (χ2n) is 6.13. The number of carbonyl (C=O) groups is 1. The van der Waals surface area contributed by atoms with Crippen molar-refractivity contribution in [2.45, 2.75) is 46.3 Å². The molecule has 0 radical (unpaired) electrons. The first-order chi connectivity index (χ1) is 9.98. The molecule has 2 atom stereocenters. The largest absolute Gasteiger partial charge is 0.385 e. The molecule has 1 amide bonds. The van der Waals surface area contributed by atoms with Gasteiger partial charge in [-0.2, -0.15) is 0 Å². The van der Waals surface area contributed by atoms with Gasteiger partial charge < -0.3 is 15.4 Å². The van der Waals surface area contributed by atoms with Gasteiger partial charge in [0.25, 0.3) is 5.91 Å². The van der Waals surface area contributed by atoms with E-state index in [-0.39, 0.29) is 23.5 Å². The van der Waals surface area contributed by atoms with Gasteiger partial charge >= 0.3 is 0 Å². The Kier molecular flexibility index (Phi) is 4.88. The maximum absolute atomic E-state index is 12.3. The summed E-state index contributed by atoms with van der Waals surface area (Å²) in [7, 11) is 0. The summed E-state index contributed by atoms with van der Waals surface area (Å²) in [6.45, 7) is 9.95. The molecule has 1 aliphatic rings. The van der Waals surface area contributed by atoms with Crippen LogP contribution in [0.25, 0.3) is 0 Å². The van der Waals surface area contributed by atoms with Crippen LogP contribution in [0.4, 0.5) is 5.69 Å². The van der Waals surface area contributed by atoms with E-state index in [2.05, 4.69) is 24.5 Å². The minimum atomic E-state index is -0.00827. The maximum Gasteiger partial charge on any atom is 0.251 e. The predicted octanol–water partition coefficient (Wildman–Crippen LogP) is 3.05. The van der Waals surface area contributed by atoms with Gasteiger partial charge in [0.2, 0.25) is 0 Å². The summed E-state index contributed by atoms with van der Waals surface area (Å²) in [5.74, 6) is -0.00827. The zero-order chi connectivity index (χ0) is 15.5. The van der Waals surface area contributed by atoms with E-state index in [4.69, 9.17) is 4.74 Å². The summed E-state index contributed by atoms with van der Waals surface area (Å²) in [4.78, 5) is 12.3. The van der Waals surface area contributed by atoms with Crippen molar-refractivity contribution >= 4 is 11.6 Å². The number of ether oxygens (including phenoxy) is 1. The Balaban J connectivity index is 1.93. The van der Waals surface area contributed by atoms with Gasteiger partial charge in [-0.25, -0.2) is 0 Å². The molecule has 2 N–H and O–H groups in total. The lowest BCUT2D eigenvalue weighted by Crippen LogP contribution is -2.62. The topological polar surface area (TPSA) is 50.4 Å². The van der Waals surface area contributed by atoms with E-state index in [9.17, 15) is 4.79 Å². The fourth-order valence-corrected chi connectivity index (χ4v) is 2.80. The standard InChI is InChI=1S/C17H26N2O2/c1-5-18-13-9-7-12(8-10-13)16(20)19-14-11-15(21-6-2)17(14,3)4/h7-10,14-15,18H,5-6,11H2,1-4H3,(H,19,20). The molecule has 0 aromatic heterocycles. The number of carbonyl (C=O) groups excluding carboxylic acids is 1. The van der Waals surface area contributed by atoms with Crippen molar-refractivity contribution in [3.63, 3.8) is 0 Å². The molecule has 21 heavy (non-hydrogen) atoms. The third kappa shape index (κ3) is 3.38. The molecule has 4 heteroatoms. The van der Waals surface area contributed by atoms with Crippen LogP contribution in [-0.2, 0) is 4.74 Å². The zero-order valence-corrected chi connectivity index (χ0v) is 13.4. The molecule has 0 bridgehead atoms. The quantitative estimate of drug-likeness (QED) is 0.846. The van der Waals surface area contributed by atoms with Gasteiger partial charge in [-0.1, -0.05) is 13.8 Å². The molecule has 1 aromatic rings. The lowest BCUT2D eigenvalue weighted by atomic mass is 9.64. The summed E-state index contributed by atoms with van der Waals surface area (Å²) in [6, 6.07) is 7.77. The maximum atomic E-state index is 12.3. The van der Waals surface area contributed by atoms with Gasteiger partial charge in [0, 0.05) is 35.9 Å². The van der Waals surface area contributed by atoms with Gasteiger partial charge in [-0.05, 0) is 44.5 Å². The SMILES string of the molecule is CCNc1ccc(C(=O)NC2CC(OCC)C2(C)C)cc1. The van der Waals surface area contributed by atoms with Crippen LogP contribution in [0.15, 0.2) is 24.3 Å². The van der Waals surface area contributed by atoms with Crippen molar-refractivity contribution in [2.24, 2.45) is 5.41 Å². The van der Waals surface area contributed by atoms with E-state index in [1.165, 1.54) is 0 Å². The third-order valence-electron chi connectivity index (χ3n) is 4.38. The molecule has 1 saturated carbocycles. The Morgan fingerprint density at radius 1 is 1.29 bits per heavy atom. The second kappa shape index (κ2) is 6.48. The van der Waals surface area contributed by atoms with Crippen LogP contribution in [0.5, 0.6) is 0 Å². The van der Waals surface area contributed by atoms with E-state index in [1.54, 1.807) is 0 Å². The fourth-order valence-electron chi connectivity index (χ4n) is 2.80. The predicted molar refractivity (Wildman–Crippen MR) is 85.7 cm³/mol. The Labute approximate surface area is 127 Å². The summed E-state index contributed by atoms with van der Waals surface area (Å²) in [6.07, 6.45) is 1.13. The van der Waals surface area contributed by atoms with Crippen molar-refractivity contribution in [1.82, 2.24) is 5.32 Å². The number of hydrogen-bond acceptors (Lipinski definition) is 3. The van der Waals surface area contributed by atoms with Crippen molar-refractivity contribution in [2.75, 3.05) is 18.5 Å². The molecule has 1 aromatic carbocycles. The highest BCUT2D eigenvalue weighted by atomic mass is 16.5. The van der Waals surface area contributed by atoms with Crippen LogP contribution in [0.2, 0.25) is 0 Å². The van der Waals surface area contributed by atoms with Crippen LogP contribution in [0.1, 0.15) is 44.5 Å². The fraction of sp³-hybridized carbons (Fsp3) is 0.588. The molecule has 1 aliphatic carbocycles. The number of amides is 1. The van der Waals surface area contributed by atoms with Gasteiger partial charge in [0.15, 0.2) is 0 Å². The van der Waals surface area contributed by atoms with Crippen molar-refractivity contribution in [1.29, 1.82) is 0 Å². The molecule has 0 spiro atoms. The summed E-state index contributed by atoms with van der Waals surface area (Å²) < 4.78 is 5.69. The minimum Gasteiger partial charge on any atom is -0.385 e. The van der Waals surface area contributed by atoms with E-state index >= 15 is 0 Å². The molecule has 0 aliphatic heterocycles. The van der Waals surface area contributed by atoms with E-state index in [0.717, 1.165) is 25.3 Å². The van der Waals surface area contributed by atoms with Crippen molar-refractivity contribution in [3.05, 3.63) is 29.8 Å². The Morgan fingerprint density at radius 2 is 1.95 bits per heavy atom. The van der Waals surface area contributed by atoms with E-state index in [0.29, 0.717) is 5.56 Å². The number of benzene rings is 1. The van der Waals surface area contributed by atoms with E-state index < -0.39 is 0 Å². The van der Waals surface area contributed by atoms with Gasteiger partial charge in [0.05, 0.1) is 6.10 Å². The average molecular weight is 290 g/mol. The number of nitrogens with one attached hydrogen (secondary N) is 2. The monoisotopic (exact) mass is 290 g/mol. The highest BCUT2D eigenvalue weighted by Crippen LogP contribution is 2.42. The van der Waals surface area contributed by atoms with Crippen molar-refractivity contribution in [3.8, 4) is 0 Å². The Bertz CT molecular complexity index is 482. The molecule has 2 rings (SSSR count). The molecule has 1 fully saturated rings. The lowest BCUT2D eigenvalue weighted by Gasteiger charge is -2.51. The first kappa shape index (κ1) is 15.8. The first-order valence-electron chi connectivity index (χ1n) is 7.75. The summed E-state index contributed by atoms with van der Waals surface area (Å²) in [5, 5.41) is 6.34. The van der Waals surface area contributed by atoms with Crippen LogP contribution in [0, 0.1) is 5.41 Å². The van der Waals surface area contributed by atoms with Crippen LogP contribution < -0.4 is 10.6 Å². The number of anilines is 1. The molecular formula is C17H26N2O2. The van der Waals surface area contributed by atoms with Gasteiger partial charge in [0.1, 0.15) is 0 Å². The Hall–Kier alpha value is -1.55. The van der Waals surface area contributed by atoms with Crippen molar-refractivity contribution < 1.29 is 9.53 Å². The first-order valence-corrected chi connectivity index (χ1v) is 7.75. The highest BCUT2D eigenvalue weighted by molar-refractivity contribution is 5.94. The molecule has 4 nitrogen and oxygen atoms in total.